The highest BCUT2D eigenvalue weighted by molar-refractivity contribution is 5.89. The predicted octanol–water partition coefficient (Wildman–Crippen LogP) is 4.89. The molecule has 0 aliphatic rings. The molecule has 150 valence electrons. The topological polar surface area (TPSA) is 64.6 Å². The van der Waals surface area contributed by atoms with Crippen LogP contribution in [0.2, 0.25) is 0 Å². The fourth-order valence-electron chi connectivity index (χ4n) is 2.62. The summed E-state index contributed by atoms with van der Waals surface area (Å²) in [5.41, 5.74) is 1.99. The zero-order chi connectivity index (χ0) is 20.6. The molecule has 5 heteroatoms. The molecule has 0 saturated carbocycles. The standard InChI is InChI=1S/C23H29NO4/c1-17(24-22(26)28-23(2,3)4)13-14-18-11-8-12-20(15-18)21(25)27-16-19-9-6-5-7-10-19/h5-12,15,17H,13-14,16H2,1-4H3,(H,24,26)/t17-/m1/s1. The average molecular weight is 383 g/mol. The van der Waals surface area contributed by atoms with Crippen molar-refractivity contribution in [3.05, 3.63) is 71.3 Å². The van der Waals surface area contributed by atoms with E-state index in [0.717, 1.165) is 24.0 Å². The molecule has 28 heavy (non-hydrogen) atoms. The van der Waals surface area contributed by atoms with Crippen molar-refractivity contribution in [1.29, 1.82) is 0 Å². The van der Waals surface area contributed by atoms with Crippen molar-refractivity contribution in [2.24, 2.45) is 0 Å². The summed E-state index contributed by atoms with van der Waals surface area (Å²) in [6.07, 6.45) is 1.05. The number of hydrogen-bond acceptors (Lipinski definition) is 4. The summed E-state index contributed by atoms with van der Waals surface area (Å²) in [6, 6.07) is 17.0. The van der Waals surface area contributed by atoms with E-state index in [1.54, 1.807) is 6.07 Å². The highest BCUT2D eigenvalue weighted by Crippen LogP contribution is 2.12. The van der Waals surface area contributed by atoms with Crippen LogP contribution < -0.4 is 5.32 Å². The van der Waals surface area contributed by atoms with Gasteiger partial charge in [0.2, 0.25) is 0 Å². The average Bonchev–Trinajstić information content (AvgIpc) is 2.64. The van der Waals surface area contributed by atoms with Crippen LogP contribution in [0.25, 0.3) is 0 Å². The second kappa shape index (κ2) is 9.93. The Morgan fingerprint density at radius 3 is 2.36 bits per heavy atom. The number of amides is 1. The lowest BCUT2D eigenvalue weighted by atomic mass is 10.0. The first-order chi connectivity index (χ1) is 13.2. The van der Waals surface area contributed by atoms with Gasteiger partial charge in [0.1, 0.15) is 12.2 Å². The third-order valence-corrected chi connectivity index (χ3v) is 4.00. The molecule has 2 aromatic carbocycles. The number of carbonyl (C=O) groups is 2. The van der Waals surface area contributed by atoms with Crippen LogP contribution in [0.4, 0.5) is 4.79 Å². The Kier molecular flexibility index (Phi) is 7.61. The molecule has 0 aliphatic heterocycles. The van der Waals surface area contributed by atoms with E-state index in [9.17, 15) is 9.59 Å². The summed E-state index contributed by atoms with van der Waals surface area (Å²) in [5, 5.41) is 2.83. The van der Waals surface area contributed by atoms with Crippen LogP contribution in [-0.4, -0.2) is 23.7 Å². The van der Waals surface area contributed by atoms with Gasteiger partial charge in [0.05, 0.1) is 5.56 Å². The molecule has 0 aliphatic carbocycles. The lowest BCUT2D eigenvalue weighted by Gasteiger charge is -2.22. The van der Waals surface area contributed by atoms with E-state index < -0.39 is 11.7 Å². The Balaban J connectivity index is 1.83. The predicted molar refractivity (Wildman–Crippen MR) is 109 cm³/mol. The normalized spacial score (nSPS) is 12.1. The fraction of sp³-hybridized carbons (Fsp3) is 0.391. The second-order valence-electron chi connectivity index (χ2n) is 7.85. The van der Waals surface area contributed by atoms with Gasteiger partial charge in [0.15, 0.2) is 0 Å². The summed E-state index contributed by atoms with van der Waals surface area (Å²) in [6.45, 7) is 7.68. The van der Waals surface area contributed by atoms with E-state index in [2.05, 4.69) is 5.32 Å². The van der Waals surface area contributed by atoms with E-state index in [1.807, 2.05) is 76.2 Å². The van der Waals surface area contributed by atoms with Crippen molar-refractivity contribution >= 4 is 12.1 Å². The zero-order valence-corrected chi connectivity index (χ0v) is 17.0. The van der Waals surface area contributed by atoms with Crippen LogP contribution in [0.5, 0.6) is 0 Å². The molecule has 0 unspecified atom stereocenters. The second-order valence-corrected chi connectivity index (χ2v) is 7.85. The van der Waals surface area contributed by atoms with Gasteiger partial charge in [0.25, 0.3) is 0 Å². The summed E-state index contributed by atoms with van der Waals surface area (Å²) in [5.74, 6) is -0.342. The Morgan fingerprint density at radius 1 is 1.00 bits per heavy atom. The maximum atomic E-state index is 12.3. The van der Waals surface area contributed by atoms with Crippen molar-refractivity contribution in [2.45, 2.75) is 58.8 Å². The number of benzene rings is 2. The Hall–Kier alpha value is -2.82. The van der Waals surface area contributed by atoms with Gasteiger partial charge < -0.3 is 14.8 Å². The minimum Gasteiger partial charge on any atom is -0.457 e. The molecule has 2 aromatic rings. The summed E-state index contributed by atoms with van der Waals surface area (Å²) < 4.78 is 10.6. The van der Waals surface area contributed by atoms with E-state index in [4.69, 9.17) is 9.47 Å². The molecule has 0 heterocycles. The number of aryl methyl sites for hydroxylation is 1. The van der Waals surface area contributed by atoms with Crippen molar-refractivity contribution in [1.82, 2.24) is 5.32 Å². The van der Waals surface area contributed by atoms with E-state index in [-0.39, 0.29) is 18.6 Å². The van der Waals surface area contributed by atoms with Crippen molar-refractivity contribution in [3.63, 3.8) is 0 Å². The lowest BCUT2D eigenvalue weighted by Crippen LogP contribution is -2.37. The van der Waals surface area contributed by atoms with Gasteiger partial charge in [-0.25, -0.2) is 9.59 Å². The van der Waals surface area contributed by atoms with Crippen LogP contribution in [0.1, 0.15) is 55.6 Å². The number of alkyl carbamates (subject to hydrolysis) is 1. The van der Waals surface area contributed by atoms with Gasteiger partial charge in [-0.15, -0.1) is 0 Å². The largest absolute Gasteiger partial charge is 0.457 e. The summed E-state index contributed by atoms with van der Waals surface area (Å²) in [7, 11) is 0. The zero-order valence-electron chi connectivity index (χ0n) is 17.0. The third-order valence-electron chi connectivity index (χ3n) is 4.00. The van der Waals surface area contributed by atoms with Gasteiger partial charge >= 0.3 is 12.1 Å². The van der Waals surface area contributed by atoms with Crippen LogP contribution in [0.3, 0.4) is 0 Å². The van der Waals surface area contributed by atoms with Gasteiger partial charge in [-0.05, 0) is 63.8 Å². The minimum atomic E-state index is -0.516. The number of ether oxygens (including phenoxy) is 2. The highest BCUT2D eigenvalue weighted by Gasteiger charge is 2.17. The molecule has 0 bridgehead atoms. The molecule has 1 atom stereocenters. The molecule has 0 saturated heterocycles. The smallest absolute Gasteiger partial charge is 0.407 e. The first-order valence-corrected chi connectivity index (χ1v) is 9.52. The molecule has 0 aromatic heterocycles. The van der Waals surface area contributed by atoms with Crippen LogP contribution in [-0.2, 0) is 22.5 Å². The molecular formula is C23H29NO4. The lowest BCUT2D eigenvalue weighted by molar-refractivity contribution is 0.0470. The molecule has 2 rings (SSSR count). The fourth-order valence-corrected chi connectivity index (χ4v) is 2.62. The molecule has 0 spiro atoms. The van der Waals surface area contributed by atoms with E-state index in [0.29, 0.717) is 5.56 Å². The molecule has 5 nitrogen and oxygen atoms in total. The van der Waals surface area contributed by atoms with Crippen molar-refractivity contribution < 1.29 is 19.1 Å². The maximum Gasteiger partial charge on any atom is 0.407 e. The quantitative estimate of drug-likeness (QED) is 0.692. The van der Waals surface area contributed by atoms with Gasteiger partial charge in [0, 0.05) is 6.04 Å². The van der Waals surface area contributed by atoms with Crippen LogP contribution >= 0.6 is 0 Å². The SMILES string of the molecule is C[C@H](CCc1cccc(C(=O)OCc2ccccc2)c1)NC(=O)OC(C)(C)C. The Bertz CT molecular complexity index is 781. The van der Waals surface area contributed by atoms with Crippen molar-refractivity contribution in [3.8, 4) is 0 Å². The van der Waals surface area contributed by atoms with E-state index in [1.165, 1.54) is 0 Å². The van der Waals surface area contributed by atoms with Crippen LogP contribution in [0.15, 0.2) is 54.6 Å². The highest BCUT2D eigenvalue weighted by atomic mass is 16.6. The van der Waals surface area contributed by atoms with Gasteiger partial charge in [-0.1, -0.05) is 42.5 Å². The van der Waals surface area contributed by atoms with Gasteiger partial charge in [-0.2, -0.15) is 0 Å². The third kappa shape index (κ3) is 7.82. The molecule has 1 N–H and O–H groups in total. The summed E-state index contributed by atoms with van der Waals surface area (Å²) >= 11 is 0. The number of esters is 1. The Morgan fingerprint density at radius 2 is 1.68 bits per heavy atom. The molecule has 0 radical (unpaired) electrons. The molecule has 0 fully saturated rings. The number of nitrogens with one attached hydrogen (secondary N) is 1. The number of hydrogen-bond donors (Lipinski definition) is 1. The van der Waals surface area contributed by atoms with Crippen molar-refractivity contribution in [2.75, 3.05) is 0 Å². The molecule has 1 amide bonds. The van der Waals surface area contributed by atoms with Crippen LogP contribution in [0, 0.1) is 0 Å². The van der Waals surface area contributed by atoms with Gasteiger partial charge in [-0.3, -0.25) is 0 Å². The Labute approximate surface area is 167 Å². The monoisotopic (exact) mass is 383 g/mol. The maximum absolute atomic E-state index is 12.3. The summed E-state index contributed by atoms with van der Waals surface area (Å²) in [4.78, 5) is 24.1. The number of carbonyl (C=O) groups excluding carboxylic acids is 2. The first-order valence-electron chi connectivity index (χ1n) is 9.52. The molecular weight excluding hydrogens is 354 g/mol. The van der Waals surface area contributed by atoms with E-state index >= 15 is 0 Å². The number of rotatable bonds is 7. The first kappa shape index (κ1) is 21.5. The minimum absolute atomic E-state index is 0.0384.